The van der Waals surface area contributed by atoms with Crippen molar-refractivity contribution in [2.24, 2.45) is 0 Å². The van der Waals surface area contributed by atoms with E-state index in [-0.39, 0.29) is 11.9 Å². The summed E-state index contributed by atoms with van der Waals surface area (Å²) in [6.07, 6.45) is 5.94. The lowest BCUT2D eigenvalue weighted by molar-refractivity contribution is -0.150. The topological polar surface area (TPSA) is 73.5 Å². The van der Waals surface area contributed by atoms with E-state index in [2.05, 4.69) is 9.88 Å². The summed E-state index contributed by atoms with van der Waals surface area (Å²) in [6, 6.07) is 6.05. The number of aromatic nitrogens is 1. The number of carbonyl (C=O) groups is 2. The molecule has 138 valence electrons. The summed E-state index contributed by atoms with van der Waals surface area (Å²) in [4.78, 5) is 23.8. The second-order valence-electron chi connectivity index (χ2n) is 6.69. The molecule has 0 spiro atoms. The van der Waals surface area contributed by atoms with Gasteiger partial charge in [0.2, 0.25) is 0 Å². The Morgan fingerprint density at radius 3 is 2.85 bits per heavy atom. The molecule has 26 heavy (non-hydrogen) atoms. The van der Waals surface area contributed by atoms with Crippen molar-refractivity contribution < 1.29 is 18.7 Å². The molecule has 0 aromatic carbocycles. The SMILES string of the molecule is Cc1cc(/C=C/C(=O)O[C@@H](C)C(=O)NC2CC2)c(C)n1Cc1ccco1. The van der Waals surface area contributed by atoms with Gasteiger partial charge in [-0.15, -0.1) is 0 Å². The lowest BCUT2D eigenvalue weighted by atomic mass is 10.2. The van der Waals surface area contributed by atoms with Crippen LogP contribution in [-0.4, -0.2) is 28.6 Å². The highest BCUT2D eigenvalue weighted by molar-refractivity contribution is 5.90. The van der Waals surface area contributed by atoms with Gasteiger partial charge in [-0.1, -0.05) is 0 Å². The lowest BCUT2D eigenvalue weighted by Gasteiger charge is -2.11. The number of carbonyl (C=O) groups excluding carboxylic acids is 2. The molecule has 3 rings (SSSR count). The molecule has 2 aromatic heterocycles. The first-order valence-electron chi connectivity index (χ1n) is 8.82. The van der Waals surface area contributed by atoms with Crippen LogP contribution in [0, 0.1) is 13.8 Å². The zero-order valence-corrected chi connectivity index (χ0v) is 15.3. The number of aryl methyl sites for hydroxylation is 1. The van der Waals surface area contributed by atoms with Crippen molar-refractivity contribution >= 4 is 18.0 Å². The molecular weight excluding hydrogens is 332 g/mol. The van der Waals surface area contributed by atoms with E-state index in [4.69, 9.17) is 9.15 Å². The predicted molar refractivity (Wildman–Crippen MR) is 97.5 cm³/mol. The van der Waals surface area contributed by atoms with Crippen LogP contribution in [0.4, 0.5) is 0 Å². The van der Waals surface area contributed by atoms with Crippen molar-refractivity contribution in [2.45, 2.75) is 52.3 Å². The number of nitrogens with one attached hydrogen (secondary N) is 1. The van der Waals surface area contributed by atoms with Crippen molar-refractivity contribution in [3.63, 3.8) is 0 Å². The molecule has 1 N–H and O–H groups in total. The average molecular weight is 356 g/mol. The van der Waals surface area contributed by atoms with E-state index in [9.17, 15) is 9.59 Å². The van der Waals surface area contributed by atoms with E-state index in [0.717, 1.165) is 35.6 Å². The molecule has 6 heteroatoms. The van der Waals surface area contributed by atoms with Gasteiger partial charge in [-0.2, -0.15) is 0 Å². The third-order valence-electron chi connectivity index (χ3n) is 4.49. The maximum atomic E-state index is 12.0. The van der Waals surface area contributed by atoms with Gasteiger partial charge in [-0.05, 0) is 63.5 Å². The second kappa shape index (κ2) is 7.64. The van der Waals surface area contributed by atoms with Gasteiger partial charge in [0.15, 0.2) is 6.10 Å². The summed E-state index contributed by atoms with van der Waals surface area (Å²) in [5, 5.41) is 2.82. The Bertz CT molecular complexity index is 813. The highest BCUT2D eigenvalue weighted by Crippen LogP contribution is 2.20. The second-order valence-corrected chi connectivity index (χ2v) is 6.69. The summed E-state index contributed by atoms with van der Waals surface area (Å²) in [6.45, 7) is 6.22. The van der Waals surface area contributed by atoms with Gasteiger partial charge < -0.3 is 19.0 Å². The Labute approximate surface area is 152 Å². The maximum absolute atomic E-state index is 12.0. The molecule has 1 amide bonds. The molecule has 1 aliphatic carbocycles. The van der Waals surface area contributed by atoms with E-state index >= 15 is 0 Å². The highest BCUT2D eigenvalue weighted by Gasteiger charge is 2.26. The molecule has 0 bridgehead atoms. The molecule has 1 aliphatic rings. The lowest BCUT2D eigenvalue weighted by Crippen LogP contribution is -2.36. The molecule has 6 nitrogen and oxygen atoms in total. The Morgan fingerprint density at radius 1 is 1.42 bits per heavy atom. The van der Waals surface area contributed by atoms with Crippen LogP contribution in [0.5, 0.6) is 0 Å². The summed E-state index contributed by atoms with van der Waals surface area (Å²) < 4.78 is 12.7. The Morgan fingerprint density at radius 2 is 2.19 bits per heavy atom. The largest absolute Gasteiger partial charge is 0.467 e. The number of esters is 1. The minimum absolute atomic E-state index is 0.245. The molecule has 0 saturated heterocycles. The number of furan rings is 1. The van der Waals surface area contributed by atoms with Gasteiger partial charge in [0.05, 0.1) is 12.8 Å². The summed E-state index contributed by atoms with van der Waals surface area (Å²) in [5.41, 5.74) is 3.03. The van der Waals surface area contributed by atoms with Crippen molar-refractivity contribution in [1.82, 2.24) is 9.88 Å². The quantitative estimate of drug-likeness (QED) is 0.611. The summed E-state index contributed by atoms with van der Waals surface area (Å²) in [5.74, 6) is 0.0994. The average Bonchev–Trinajstić information content (AvgIpc) is 3.18. The first kappa shape index (κ1) is 18.0. The fourth-order valence-corrected chi connectivity index (χ4v) is 2.77. The molecule has 1 saturated carbocycles. The predicted octanol–water partition coefficient (Wildman–Crippen LogP) is 2.97. The normalized spacial score (nSPS) is 15.2. The molecule has 0 radical (unpaired) electrons. The zero-order valence-electron chi connectivity index (χ0n) is 15.3. The number of nitrogens with zero attached hydrogens (tertiary/aromatic N) is 1. The van der Waals surface area contributed by atoms with E-state index < -0.39 is 12.1 Å². The van der Waals surface area contributed by atoms with Crippen LogP contribution >= 0.6 is 0 Å². The number of hydrogen-bond acceptors (Lipinski definition) is 4. The van der Waals surface area contributed by atoms with Crippen molar-refractivity contribution in [2.75, 3.05) is 0 Å². The maximum Gasteiger partial charge on any atom is 0.331 e. The molecular formula is C20H24N2O4. The molecule has 2 aromatic rings. The van der Waals surface area contributed by atoms with Crippen molar-refractivity contribution in [3.05, 3.63) is 53.2 Å². The van der Waals surface area contributed by atoms with Gasteiger partial charge in [0.1, 0.15) is 5.76 Å². The van der Waals surface area contributed by atoms with Crippen LogP contribution in [0.3, 0.4) is 0 Å². The van der Waals surface area contributed by atoms with E-state index in [1.165, 1.54) is 6.08 Å². The highest BCUT2D eigenvalue weighted by atomic mass is 16.5. The minimum atomic E-state index is -0.792. The summed E-state index contributed by atoms with van der Waals surface area (Å²) in [7, 11) is 0. The monoisotopic (exact) mass is 356 g/mol. The van der Waals surface area contributed by atoms with Crippen molar-refractivity contribution in [3.8, 4) is 0 Å². The first-order chi connectivity index (χ1) is 12.4. The third-order valence-corrected chi connectivity index (χ3v) is 4.49. The van der Waals surface area contributed by atoms with Gasteiger partial charge >= 0.3 is 5.97 Å². The fourth-order valence-electron chi connectivity index (χ4n) is 2.77. The zero-order chi connectivity index (χ0) is 18.7. The first-order valence-corrected chi connectivity index (χ1v) is 8.82. The molecule has 1 fully saturated rings. The van der Waals surface area contributed by atoms with Crippen LogP contribution in [0.15, 0.2) is 35.0 Å². The van der Waals surface area contributed by atoms with Crippen molar-refractivity contribution in [1.29, 1.82) is 0 Å². The van der Waals surface area contributed by atoms with Gasteiger partial charge in [-0.3, -0.25) is 4.79 Å². The van der Waals surface area contributed by atoms with E-state index in [0.29, 0.717) is 6.54 Å². The van der Waals surface area contributed by atoms with Crippen LogP contribution < -0.4 is 5.32 Å². The Kier molecular flexibility index (Phi) is 5.30. The van der Waals surface area contributed by atoms with Crippen LogP contribution in [0.2, 0.25) is 0 Å². The van der Waals surface area contributed by atoms with Crippen LogP contribution in [0.1, 0.15) is 42.5 Å². The van der Waals surface area contributed by atoms with E-state index in [1.807, 2.05) is 32.0 Å². The number of rotatable bonds is 7. The van der Waals surface area contributed by atoms with Gasteiger partial charge in [0, 0.05) is 23.5 Å². The van der Waals surface area contributed by atoms with Gasteiger partial charge in [0.25, 0.3) is 5.91 Å². The van der Waals surface area contributed by atoms with E-state index in [1.54, 1.807) is 19.3 Å². The molecule has 0 aliphatic heterocycles. The molecule has 1 atom stereocenters. The Hall–Kier alpha value is -2.76. The van der Waals surface area contributed by atoms with Gasteiger partial charge in [-0.25, -0.2) is 4.79 Å². The number of ether oxygens (including phenoxy) is 1. The molecule has 0 unspecified atom stereocenters. The number of hydrogen-bond donors (Lipinski definition) is 1. The minimum Gasteiger partial charge on any atom is -0.467 e. The third kappa shape index (κ3) is 4.45. The summed E-state index contributed by atoms with van der Waals surface area (Å²) >= 11 is 0. The Balaban J connectivity index is 1.60. The smallest absolute Gasteiger partial charge is 0.331 e. The number of amides is 1. The fraction of sp³-hybridized carbons (Fsp3) is 0.400. The standard InChI is InChI=1S/C20H24N2O4/c1-13-11-16(14(2)22(13)12-18-5-4-10-25-18)6-9-19(23)26-15(3)20(24)21-17-7-8-17/h4-6,9-11,15,17H,7-8,12H2,1-3H3,(H,21,24)/b9-6+/t15-/m0/s1. The van der Waals surface area contributed by atoms with Crippen LogP contribution in [-0.2, 0) is 20.9 Å². The molecule has 2 heterocycles. The van der Waals surface area contributed by atoms with Crippen LogP contribution in [0.25, 0.3) is 6.08 Å².